The lowest BCUT2D eigenvalue weighted by Crippen LogP contribution is -2.58. The number of aromatic amines is 1. The van der Waals surface area contributed by atoms with Crippen molar-refractivity contribution in [2.45, 2.75) is 56.9 Å². The number of benzene rings is 2. The lowest BCUT2D eigenvalue weighted by molar-refractivity contribution is -0.143. The van der Waals surface area contributed by atoms with E-state index in [2.05, 4.69) is 22.4 Å². The zero-order chi connectivity index (χ0) is 23.9. The van der Waals surface area contributed by atoms with Crippen LogP contribution in [0.1, 0.15) is 43.4 Å². The number of likely N-dealkylation sites (tertiary alicyclic amines) is 1. The fraction of sp³-hybridized carbons (Fsp3) is 0.407. The minimum atomic E-state index is -1.08. The summed E-state index contributed by atoms with van der Waals surface area (Å²) in [4.78, 5) is 31.6. The van der Waals surface area contributed by atoms with E-state index in [4.69, 9.17) is 10.5 Å². The van der Waals surface area contributed by atoms with Crippen LogP contribution in [0.2, 0.25) is 0 Å². The second kappa shape index (κ2) is 9.64. The minimum absolute atomic E-state index is 0. The molecule has 1 saturated heterocycles. The van der Waals surface area contributed by atoms with Gasteiger partial charge in [-0.15, -0.1) is 12.4 Å². The maximum Gasteiger partial charge on any atom is 0.245 e. The van der Waals surface area contributed by atoms with Crippen molar-refractivity contribution in [3.05, 3.63) is 71.4 Å². The molecule has 2 aromatic carbocycles. The van der Waals surface area contributed by atoms with Gasteiger partial charge in [0.2, 0.25) is 11.8 Å². The molecule has 3 aromatic rings. The Morgan fingerprint density at radius 3 is 2.57 bits per heavy atom. The van der Waals surface area contributed by atoms with E-state index >= 15 is 0 Å². The highest BCUT2D eigenvalue weighted by atomic mass is 35.5. The maximum absolute atomic E-state index is 13.7. The Morgan fingerprint density at radius 1 is 1.14 bits per heavy atom. The van der Waals surface area contributed by atoms with Crippen LogP contribution in [0.25, 0.3) is 10.9 Å². The van der Waals surface area contributed by atoms with Gasteiger partial charge in [-0.25, -0.2) is 0 Å². The topological polar surface area (TPSA) is 100 Å². The maximum atomic E-state index is 13.7. The van der Waals surface area contributed by atoms with Gasteiger partial charge in [0.05, 0.1) is 17.7 Å². The van der Waals surface area contributed by atoms with Gasteiger partial charge in [0, 0.05) is 36.6 Å². The first-order valence-corrected chi connectivity index (χ1v) is 11.9. The number of rotatable bonds is 5. The van der Waals surface area contributed by atoms with Crippen LogP contribution in [0.3, 0.4) is 0 Å². The van der Waals surface area contributed by atoms with E-state index in [0.717, 1.165) is 29.3 Å². The van der Waals surface area contributed by atoms with E-state index in [0.29, 0.717) is 26.1 Å². The van der Waals surface area contributed by atoms with Crippen LogP contribution in [-0.2, 0) is 33.0 Å². The van der Waals surface area contributed by atoms with Gasteiger partial charge >= 0.3 is 0 Å². The van der Waals surface area contributed by atoms with Crippen LogP contribution >= 0.6 is 12.4 Å². The number of piperidine rings is 1. The van der Waals surface area contributed by atoms with E-state index in [9.17, 15) is 9.59 Å². The van der Waals surface area contributed by atoms with Crippen LogP contribution in [-0.4, -0.2) is 46.4 Å². The molecule has 1 atom stereocenters. The molecule has 0 saturated carbocycles. The van der Waals surface area contributed by atoms with Crippen molar-refractivity contribution < 1.29 is 14.3 Å². The van der Waals surface area contributed by atoms with Gasteiger partial charge in [0.1, 0.15) is 6.04 Å². The number of hydrogen-bond acceptors (Lipinski definition) is 4. The Bertz CT molecular complexity index is 1220. The summed E-state index contributed by atoms with van der Waals surface area (Å²) in [6.07, 6.45) is 3.79. The minimum Gasteiger partial charge on any atom is -0.365 e. The van der Waals surface area contributed by atoms with Gasteiger partial charge in [-0.2, -0.15) is 0 Å². The van der Waals surface area contributed by atoms with E-state index in [1.165, 1.54) is 11.1 Å². The second-order valence-corrected chi connectivity index (χ2v) is 10.1. The molecular weight excluding hydrogens is 464 g/mol. The summed E-state index contributed by atoms with van der Waals surface area (Å²) >= 11 is 0. The number of amides is 2. The van der Waals surface area contributed by atoms with Crippen molar-refractivity contribution in [3.8, 4) is 0 Å². The zero-order valence-corrected chi connectivity index (χ0v) is 21.0. The molecule has 7 nitrogen and oxygen atoms in total. The molecule has 0 unspecified atom stereocenters. The van der Waals surface area contributed by atoms with E-state index in [1.54, 1.807) is 13.8 Å². The zero-order valence-electron chi connectivity index (χ0n) is 20.2. The number of H-pyrrole nitrogens is 1. The van der Waals surface area contributed by atoms with E-state index in [1.807, 2.05) is 47.5 Å². The second-order valence-electron chi connectivity index (χ2n) is 10.1. The molecule has 1 spiro atoms. The number of carbonyl (C=O) groups is 2. The number of ether oxygens (including phenoxy) is 1. The number of halogens is 1. The molecular formula is C27H33ClN4O3. The molecule has 2 aliphatic heterocycles. The third-order valence-electron chi connectivity index (χ3n) is 7.18. The normalized spacial score (nSPS) is 17.6. The molecule has 0 bridgehead atoms. The number of aromatic nitrogens is 1. The summed E-state index contributed by atoms with van der Waals surface area (Å²) in [6.45, 7) is 5.08. The summed E-state index contributed by atoms with van der Waals surface area (Å²) in [6, 6.07) is 15.6. The molecule has 3 heterocycles. The first-order chi connectivity index (χ1) is 16.3. The summed E-state index contributed by atoms with van der Waals surface area (Å²) in [5, 5.41) is 3.98. The number of nitrogens with zero attached hydrogens (tertiary/aromatic N) is 1. The summed E-state index contributed by atoms with van der Waals surface area (Å²) < 4.78 is 6.25. The summed E-state index contributed by atoms with van der Waals surface area (Å²) in [5.41, 5.74) is 9.12. The molecule has 35 heavy (non-hydrogen) atoms. The van der Waals surface area contributed by atoms with Crippen LogP contribution in [0.15, 0.2) is 54.7 Å². The van der Waals surface area contributed by atoms with Gasteiger partial charge in [-0.1, -0.05) is 42.5 Å². The highest BCUT2D eigenvalue weighted by Crippen LogP contribution is 2.44. The monoisotopic (exact) mass is 496 g/mol. The van der Waals surface area contributed by atoms with Crippen molar-refractivity contribution in [1.82, 2.24) is 15.2 Å². The van der Waals surface area contributed by atoms with Gasteiger partial charge in [0.25, 0.3) is 0 Å². The van der Waals surface area contributed by atoms with Crippen LogP contribution in [0.4, 0.5) is 0 Å². The predicted molar refractivity (Wildman–Crippen MR) is 138 cm³/mol. The highest BCUT2D eigenvalue weighted by Gasteiger charge is 2.44. The Hall–Kier alpha value is -2.87. The molecule has 2 aliphatic rings. The Balaban J connectivity index is 0.00000289. The summed E-state index contributed by atoms with van der Waals surface area (Å²) in [7, 11) is 0. The smallest absolute Gasteiger partial charge is 0.245 e. The van der Waals surface area contributed by atoms with Crippen molar-refractivity contribution in [2.24, 2.45) is 5.73 Å². The fourth-order valence-corrected chi connectivity index (χ4v) is 5.17. The third-order valence-corrected chi connectivity index (χ3v) is 7.18. The molecule has 186 valence electrons. The third kappa shape index (κ3) is 4.81. The standard InChI is InChI=1S/C27H32N4O3.ClH/c1-26(2,28)25(33)30-23(15-19-16-29-22-10-6-4-8-20(19)22)24(32)31-13-11-27(12-14-31)21-9-5-3-7-18(21)17-34-27;/h3-10,16,23,29H,11-15,17,28H2,1-2H3,(H,30,33);1H/t23-;/m1./s1. The average Bonchev–Trinajstić information content (AvgIpc) is 3.40. The SMILES string of the molecule is CC(C)(N)C(=O)N[C@H](Cc1c[nH]c2ccccc12)C(=O)N1CCC2(CC1)OCc1ccccc12.Cl. The molecule has 1 fully saturated rings. The van der Waals surface area contributed by atoms with Crippen LogP contribution in [0, 0.1) is 0 Å². The van der Waals surface area contributed by atoms with E-state index < -0.39 is 11.6 Å². The van der Waals surface area contributed by atoms with Gasteiger partial charge in [0.15, 0.2) is 0 Å². The van der Waals surface area contributed by atoms with Crippen molar-refractivity contribution in [1.29, 1.82) is 0 Å². The van der Waals surface area contributed by atoms with E-state index in [-0.39, 0.29) is 29.8 Å². The predicted octanol–water partition coefficient (Wildman–Crippen LogP) is 3.40. The molecule has 4 N–H and O–H groups in total. The molecule has 0 radical (unpaired) electrons. The lowest BCUT2D eigenvalue weighted by atomic mass is 9.83. The first-order valence-electron chi connectivity index (χ1n) is 11.9. The van der Waals surface area contributed by atoms with Crippen molar-refractivity contribution in [2.75, 3.05) is 13.1 Å². The largest absolute Gasteiger partial charge is 0.365 e. The number of fused-ring (bicyclic) bond motifs is 3. The van der Waals surface area contributed by atoms with Gasteiger partial charge < -0.3 is 25.7 Å². The van der Waals surface area contributed by atoms with Crippen molar-refractivity contribution in [3.63, 3.8) is 0 Å². The summed E-state index contributed by atoms with van der Waals surface area (Å²) in [5.74, 6) is -0.420. The number of nitrogens with two attached hydrogens (primary N) is 1. The lowest BCUT2D eigenvalue weighted by Gasteiger charge is -2.40. The fourth-order valence-electron chi connectivity index (χ4n) is 5.17. The average molecular weight is 497 g/mol. The number of para-hydroxylation sites is 1. The van der Waals surface area contributed by atoms with Gasteiger partial charge in [-0.3, -0.25) is 9.59 Å². The Morgan fingerprint density at radius 2 is 1.83 bits per heavy atom. The quantitative estimate of drug-likeness (QED) is 0.504. The number of nitrogens with one attached hydrogen (secondary N) is 2. The molecule has 1 aromatic heterocycles. The Kier molecular flexibility index (Phi) is 6.95. The molecule has 0 aliphatic carbocycles. The number of carbonyl (C=O) groups excluding carboxylic acids is 2. The van der Waals surface area contributed by atoms with Crippen molar-refractivity contribution >= 4 is 35.1 Å². The van der Waals surface area contributed by atoms with Crippen LogP contribution < -0.4 is 11.1 Å². The molecule has 8 heteroatoms. The molecule has 2 amide bonds. The van der Waals surface area contributed by atoms with Crippen LogP contribution in [0.5, 0.6) is 0 Å². The van der Waals surface area contributed by atoms with Gasteiger partial charge in [-0.05, 0) is 49.4 Å². The Labute approximate surface area is 211 Å². The molecule has 5 rings (SSSR count). The number of hydrogen-bond donors (Lipinski definition) is 3. The highest BCUT2D eigenvalue weighted by molar-refractivity contribution is 5.92. The first kappa shape index (κ1) is 25.2.